The minimum absolute atomic E-state index is 0.101. The van der Waals surface area contributed by atoms with E-state index in [2.05, 4.69) is 5.32 Å². The van der Waals surface area contributed by atoms with Crippen molar-refractivity contribution in [1.82, 2.24) is 5.32 Å². The molecule has 0 saturated heterocycles. The summed E-state index contributed by atoms with van der Waals surface area (Å²) < 4.78 is 4.92. The number of hydrogen-bond acceptors (Lipinski definition) is 7. The SMILES string of the molecule is COC(=O)C1=C(C)NC2=C(C(=O)CC(C)(C)C2)[C@H]1c1ccc([N+](=O)[O-])c(O)c1. The number of phenolic OH excluding ortho intramolecular Hbond substituents is 1. The summed E-state index contributed by atoms with van der Waals surface area (Å²) >= 11 is 0. The molecular formula is C20H22N2O6. The largest absolute Gasteiger partial charge is 0.502 e. The molecule has 0 fully saturated rings. The Morgan fingerprint density at radius 3 is 2.61 bits per heavy atom. The summed E-state index contributed by atoms with van der Waals surface area (Å²) in [6.07, 6.45) is 0.936. The first-order chi connectivity index (χ1) is 13.1. The van der Waals surface area contributed by atoms with Crippen molar-refractivity contribution in [1.29, 1.82) is 0 Å². The van der Waals surface area contributed by atoms with Crippen LogP contribution in [0, 0.1) is 15.5 Å². The van der Waals surface area contributed by atoms with Crippen LogP contribution < -0.4 is 5.32 Å². The van der Waals surface area contributed by atoms with Gasteiger partial charge in [-0.25, -0.2) is 4.79 Å². The van der Waals surface area contributed by atoms with Crippen molar-refractivity contribution in [2.75, 3.05) is 7.11 Å². The summed E-state index contributed by atoms with van der Waals surface area (Å²) in [7, 11) is 1.25. The number of phenols is 1. The molecule has 0 saturated carbocycles. The van der Waals surface area contributed by atoms with Gasteiger partial charge in [0.15, 0.2) is 11.5 Å². The van der Waals surface area contributed by atoms with Gasteiger partial charge in [0.1, 0.15) is 0 Å². The number of carbonyl (C=O) groups excluding carboxylic acids is 2. The van der Waals surface area contributed by atoms with Crippen molar-refractivity contribution in [3.63, 3.8) is 0 Å². The lowest BCUT2D eigenvalue weighted by Crippen LogP contribution is -2.38. The van der Waals surface area contributed by atoms with Crippen molar-refractivity contribution in [3.8, 4) is 5.75 Å². The van der Waals surface area contributed by atoms with E-state index in [-0.39, 0.29) is 16.8 Å². The monoisotopic (exact) mass is 386 g/mol. The van der Waals surface area contributed by atoms with Gasteiger partial charge in [-0.05, 0) is 30.4 Å². The number of methoxy groups -OCH3 is 1. The highest BCUT2D eigenvalue weighted by Gasteiger charge is 2.43. The topological polar surface area (TPSA) is 119 Å². The molecule has 148 valence electrons. The Morgan fingerprint density at radius 1 is 1.36 bits per heavy atom. The molecule has 1 aromatic rings. The molecule has 2 aliphatic rings. The number of hydrogen-bond donors (Lipinski definition) is 2. The molecule has 0 aromatic heterocycles. The number of aromatic hydroxyl groups is 1. The third-order valence-electron chi connectivity index (χ3n) is 5.17. The molecule has 0 amide bonds. The van der Waals surface area contributed by atoms with Crippen molar-refractivity contribution in [2.45, 2.75) is 39.5 Å². The predicted molar refractivity (Wildman–Crippen MR) is 100 cm³/mol. The Bertz CT molecular complexity index is 957. The smallest absolute Gasteiger partial charge is 0.336 e. The first-order valence-corrected chi connectivity index (χ1v) is 8.85. The number of rotatable bonds is 3. The first kappa shape index (κ1) is 19.6. The zero-order chi connectivity index (χ0) is 20.8. The normalized spacial score (nSPS) is 21.1. The van der Waals surface area contributed by atoms with Crippen LogP contribution in [-0.4, -0.2) is 28.9 Å². The van der Waals surface area contributed by atoms with E-state index < -0.39 is 28.2 Å². The molecule has 3 rings (SSSR count). The van der Waals surface area contributed by atoms with Crippen molar-refractivity contribution >= 4 is 17.4 Å². The van der Waals surface area contributed by atoms with E-state index in [1.807, 2.05) is 13.8 Å². The minimum atomic E-state index is -0.765. The number of Topliss-reactive ketones (excluding diaryl/α,β-unsaturated/α-hetero) is 1. The van der Waals surface area contributed by atoms with E-state index in [1.165, 1.54) is 25.3 Å². The number of nitrogens with zero attached hydrogens (tertiary/aromatic N) is 1. The van der Waals surface area contributed by atoms with Crippen LogP contribution >= 0.6 is 0 Å². The maximum Gasteiger partial charge on any atom is 0.336 e. The molecule has 1 heterocycles. The van der Waals surface area contributed by atoms with E-state index in [4.69, 9.17) is 4.74 Å². The van der Waals surface area contributed by atoms with E-state index in [9.17, 15) is 24.8 Å². The Labute approximate surface area is 162 Å². The number of esters is 1. The summed E-state index contributed by atoms with van der Waals surface area (Å²) in [5.41, 5.74) is 1.73. The standard InChI is InChI=1S/C20H22N2O6/c1-10-16(19(25)28-4)17(11-5-6-13(22(26)27)14(23)7-11)18-12(21-10)8-20(2,3)9-15(18)24/h5-7,17,21,23H,8-9H2,1-4H3/t17-/m0/s1. The highest BCUT2D eigenvalue weighted by Crippen LogP contribution is 2.47. The second-order valence-corrected chi connectivity index (χ2v) is 7.93. The van der Waals surface area contributed by atoms with Crippen LogP contribution in [0.2, 0.25) is 0 Å². The Morgan fingerprint density at radius 2 is 2.04 bits per heavy atom. The third-order valence-corrected chi connectivity index (χ3v) is 5.17. The zero-order valence-electron chi connectivity index (χ0n) is 16.2. The molecule has 0 spiro atoms. The zero-order valence-corrected chi connectivity index (χ0v) is 16.2. The Balaban J connectivity index is 2.22. The molecule has 1 atom stereocenters. The summed E-state index contributed by atoms with van der Waals surface area (Å²) in [5, 5.41) is 24.3. The molecule has 1 aromatic carbocycles. The number of nitro benzene ring substituents is 1. The second kappa shape index (κ2) is 6.78. The molecule has 28 heavy (non-hydrogen) atoms. The molecule has 0 bridgehead atoms. The number of nitrogens with one attached hydrogen (secondary N) is 1. The number of benzene rings is 1. The van der Waals surface area contributed by atoms with Gasteiger partial charge < -0.3 is 15.2 Å². The van der Waals surface area contributed by atoms with Gasteiger partial charge in [-0.15, -0.1) is 0 Å². The summed E-state index contributed by atoms with van der Waals surface area (Å²) in [6, 6.07) is 3.87. The molecule has 1 aliphatic heterocycles. The highest BCUT2D eigenvalue weighted by atomic mass is 16.6. The molecule has 8 heteroatoms. The van der Waals surface area contributed by atoms with Gasteiger partial charge in [0.2, 0.25) is 0 Å². The van der Waals surface area contributed by atoms with Gasteiger partial charge >= 0.3 is 11.7 Å². The van der Waals surface area contributed by atoms with Gasteiger partial charge in [-0.2, -0.15) is 0 Å². The molecule has 8 nitrogen and oxygen atoms in total. The van der Waals surface area contributed by atoms with Crippen molar-refractivity contribution in [2.24, 2.45) is 5.41 Å². The lowest BCUT2D eigenvalue weighted by Gasteiger charge is -2.39. The van der Waals surface area contributed by atoms with E-state index in [1.54, 1.807) is 6.92 Å². The van der Waals surface area contributed by atoms with Crippen LogP contribution in [0.5, 0.6) is 5.75 Å². The highest BCUT2D eigenvalue weighted by molar-refractivity contribution is 6.04. The predicted octanol–water partition coefficient (Wildman–Crippen LogP) is 3.08. The average Bonchev–Trinajstić information content (AvgIpc) is 2.58. The summed E-state index contributed by atoms with van der Waals surface area (Å²) in [6.45, 7) is 5.72. The fraction of sp³-hybridized carbons (Fsp3) is 0.400. The number of allylic oxidation sites excluding steroid dienone is 3. The third kappa shape index (κ3) is 3.26. The van der Waals surface area contributed by atoms with Crippen LogP contribution in [-0.2, 0) is 14.3 Å². The quantitative estimate of drug-likeness (QED) is 0.465. The molecule has 0 radical (unpaired) electrons. The molecular weight excluding hydrogens is 364 g/mol. The minimum Gasteiger partial charge on any atom is -0.502 e. The van der Waals surface area contributed by atoms with E-state index >= 15 is 0 Å². The lowest BCUT2D eigenvalue weighted by molar-refractivity contribution is -0.385. The van der Waals surface area contributed by atoms with Crippen LogP contribution in [0.3, 0.4) is 0 Å². The molecule has 0 unspecified atom stereocenters. The van der Waals surface area contributed by atoms with E-state index in [0.717, 1.165) is 5.70 Å². The molecule has 1 aliphatic carbocycles. The number of dihydropyridines is 1. The van der Waals surface area contributed by atoms with Gasteiger partial charge in [0, 0.05) is 35.4 Å². The Kier molecular flexibility index (Phi) is 4.74. The number of ketones is 1. The Hall–Kier alpha value is -3.16. The van der Waals surface area contributed by atoms with Crippen molar-refractivity contribution < 1.29 is 24.4 Å². The summed E-state index contributed by atoms with van der Waals surface area (Å²) in [4.78, 5) is 35.8. The summed E-state index contributed by atoms with van der Waals surface area (Å²) in [5.74, 6) is -1.99. The number of nitro groups is 1. The first-order valence-electron chi connectivity index (χ1n) is 8.85. The van der Waals surface area contributed by atoms with Crippen LogP contribution in [0.25, 0.3) is 0 Å². The average molecular weight is 386 g/mol. The van der Waals surface area contributed by atoms with Crippen LogP contribution in [0.15, 0.2) is 40.7 Å². The second-order valence-electron chi connectivity index (χ2n) is 7.93. The van der Waals surface area contributed by atoms with Crippen LogP contribution in [0.4, 0.5) is 5.69 Å². The fourth-order valence-electron chi connectivity index (χ4n) is 4.02. The van der Waals surface area contributed by atoms with Gasteiger partial charge in [0.05, 0.1) is 17.6 Å². The van der Waals surface area contributed by atoms with Crippen LogP contribution in [0.1, 0.15) is 45.1 Å². The lowest BCUT2D eigenvalue weighted by atomic mass is 9.68. The van der Waals surface area contributed by atoms with Gasteiger partial charge in [-0.1, -0.05) is 19.9 Å². The van der Waals surface area contributed by atoms with E-state index in [0.29, 0.717) is 29.7 Å². The van der Waals surface area contributed by atoms with Gasteiger partial charge in [-0.3, -0.25) is 14.9 Å². The fourth-order valence-corrected chi connectivity index (χ4v) is 4.02. The van der Waals surface area contributed by atoms with Crippen molar-refractivity contribution in [3.05, 3.63) is 56.4 Å². The molecule has 2 N–H and O–H groups in total. The number of ether oxygens (including phenoxy) is 1. The van der Waals surface area contributed by atoms with Gasteiger partial charge in [0.25, 0.3) is 0 Å². The maximum atomic E-state index is 13.0. The number of carbonyl (C=O) groups is 2. The maximum absolute atomic E-state index is 13.0.